The minimum Gasteiger partial charge on any atom is -0.370 e. The molecule has 0 saturated heterocycles. The molecule has 0 spiro atoms. The number of benzene rings is 1. The Kier molecular flexibility index (Phi) is 4.15. The average molecular weight is 266 g/mol. The average Bonchev–Trinajstić information content (AvgIpc) is 2.35. The van der Waals surface area contributed by atoms with Crippen LogP contribution in [0.1, 0.15) is 6.92 Å². The van der Waals surface area contributed by atoms with Crippen molar-refractivity contribution in [3.8, 4) is 0 Å². The van der Waals surface area contributed by atoms with Gasteiger partial charge in [0, 0.05) is 22.5 Å². The summed E-state index contributed by atoms with van der Waals surface area (Å²) in [4.78, 5) is 5.72. The van der Waals surface area contributed by atoms with Crippen molar-refractivity contribution < 1.29 is 8.78 Å². The number of hydrogen-bond acceptors (Lipinski definition) is 3. The molecule has 94 valence electrons. The summed E-state index contributed by atoms with van der Waals surface area (Å²) < 4.78 is 25.9. The summed E-state index contributed by atoms with van der Waals surface area (Å²) in [6.45, 7) is 2.77. The molecule has 2 aromatic rings. The highest BCUT2D eigenvalue weighted by Gasteiger charge is 2.04. The Morgan fingerprint density at radius 1 is 1.11 bits per heavy atom. The Hall–Kier alpha value is -1.62. The summed E-state index contributed by atoms with van der Waals surface area (Å²) >= 11 is 1.36. The largest absolute Gasteiger partial charge is 0.370 e. The van der Waals surface area contributed by atoms with Crippen molar-refractivity contribution in [2.75, 3.05) is 11.9 Å². The zero-order chi connectivity index (χ0) is 13.0. The van der Waals surface area contributed by atoms with E-state index >= 15 is 0 Å². The maximum absolute atomic E-state index is 13.1. The van der Waals surface area contributed by atoms with Crippen LogP contribution in [0.15, 0.2) is 46.3 Å². The van der Waals surface area contributed by atoms with Crippen molar-refractivity contribution >= 4 is 17.6 Å². The van der Waals surface area contributed by atoms with E-state index in [1.165, 1.54) is 17.8 Å². The van der Waals surface area contributed by atoms with Crippen LogP contribution in [-0.2, 0) is 0 Å². The van der Waals surface area contributed by atoms with E-state index in [2.05, 4.69) is 10.3 Å². The maximum Gasteiger partial charge on any atom is 0.159 e. The fourth-order valence-electron chi connectivity index (χ4n) is 1.43. The minimum atomic E-state index is -0.832. The molecule has 0 aliphatic rings. The lowest BCUT2D eigenvalue weighted by molar-refractivity contribution is 0.506. The predicted molar refractivity (Wildman–Crippen MR) is 68.9 cm³/mol. The van der Waals surface area contributed by atoms with Crippen molar-refractivity contribution in [2.24, 2.45) is 0 Å². The first-order valence-electron chi connectivity index (χ1n) is 5.52. The normalized spacial score (nSPS) is 10.4. The number of pyridine rings is 1. The Morgan fingerprint density at radius 3 is 2.61 bits per heavy atom. The lowest BCUT2D eigenvalue weighted by atomic mass is 10.3. The fourth-order valence-corrected chi connectivity index (χ4v) is 2.30. The Bertz CT molecular complexity index is 546. The smallest absolute Gasteiger partial charge is 0.159 e. The minimum absolute atomic E-state index is 0.655. The van der Waals surface area contributed by atoms with E-state index in [4.69, 9.17) is 0 Å². The molecule has 1 heterocycles. The Labute approximate surface area is 108 Å². The van der Waals surface area contributed by atoms with E-state index in [0.717, 1.165) is 23.3 Å². The van der Waals surface area contributed by atoms with E-state index in [1.54, 1.807) is 12.3 Å². The second-order valence-corrected chi connectivity index (χ2v) is 4.73. The molecule has 1 aromatic carbocycles. The number of aromatic nitrogens is 1. The van der Waals surface area contributed by atoms with Gasteiger partial charge in [-0.15, -0.1) is 0 Å². The van der Waals surface area contributed by atoms with Gasteiger partial charge in [-0.1, -0.05) is 11.8 Å². The van der Waals surface area contributed by atoms with E-state index in [-0.39, 0.29) is 0 Å². The molecule has 0 amide bonds. The molecule has 0 aliphatic heterocycles. The van der Waals surface area contributed by atoms with Gasteiger partial charge in [0.05, 0.1) is 0 Å². The van der Waals surface area contributed by atoms with Crippen molar-refractivity contribution in [3.05, 3.63) is 48.2 Å². The van der Waals surface area contributed by atoms with Crippen LogP contribution in [0.3, 0.4) is 0 Å². The molecular formula is C13H12F2N2S. The van der Waals surface area contributed by atoms with Crippen LogP contribution in [-0.4, -0.2) is 11.5 Å². The van der Waals surface area contributed by atoms with E-state index in [1.807, 2.05) is 19.1 Å². The molecular weight excluding hydrogens is 254 g/mol. The summed E-state index contributed by atoms with van der Waals surface area (Å²) in [7, 11) is 0. The number of nitrogens with zero attached hydrogens (tertiary/aromatic N) is 1. The van der Waals surface area contributed by atoms with E-state index in [0.29, 0.717) is 4.90 Å². The summed E-state index contributed by atoms with van der Waals surface area (Å²) in [6, 6.07) is 7.57. The lowest BCUT2D eigenvalue weighted by Gasteiger charge is -2.05. The fraction of sp³-hybridized carbons (Fsp3) is 0.154. The molecule has 0 bridgehead atoms. The second kappa shape index (κ2) is 5.82. The third kappa shape index (κ3) is 3.20. The highest BCUT2D eigenvalue weighted by molar-refractivity contribution is 7.99. The summed E-state index contributed by atoms with van der Waals surface area (Å²) in [5.41, 5.74) is 0. The Morgan fingerprint density at radius 2 is 1.89 bits per heavy atom. The van der Waals surface area contributed by atoms with Gasteiger partial charge >= 0.3 is 0 Å². The van der Waals surface area contributed by atoms with Gasteiger partial charge in [-0.3, -0.25) is 0 Å². The third-order valence-electron chi connectivity index (χ3n) is 2.22. The van der Waals surface area contributed by atoms with Gasteiger partial charge in [0.2, 0.25) is 0 Å². The van der Waals surface area contributed by atoms with E-state index in [9.17, 15) is 8.78 Å². The SMILES string of the molecule is CCNc1cc(Sc2ccc(F)c(F)c2)ccn1. The lowest BCUT2D eigenvalue weighted by Crippen LogP contribution is -1.98. The number of halogens is 2. The predicted octanol–water partition coefficient (Wildman–Crippen LogP) is 3.94. The zero-order valence-corrected chi connectivity index (χ0v) is 10.6. The van der Waals surface area contributed by atoms with Crippen LogP contribution in [0.25, 0.3) is 0 Å². The molecule has 0 radical (unpaired) electrons. The molecule has 5 heteroatoms. The monoisotopic (exact) mass is 266 g/mol. The van der Waals surface area contributed by atoms with Gasteiger partial charge in [0.1, 0.15) is 5.82 Å². The van der Waals surface area contributed by atoms with Gasteiger partial charge in [0.25, 0.3) is 0 Å². The Balaban J connectivity index is 2.17. The van der Waals surface area contributed by atoms with Crippen molar-refractivity contribution in [1.29, 1.82) is 0 Å². The zero-order valence-electron chi connectivity index (χ0n) is 9.78. The van der Waals surface area contributed by atoms with Gasteiger partial charge in [-0.05, 0) is 37.3 Å². The summed E-state index contributed by atoms with van der Waals surface area (Å²) in [5.74, 6) is -0.895. The number of nitrogens with one attached hydrogen (secondary N) is 1. The van der Waals surface area contributed by atoms with Gasteiger partial charge < -0.3 is 5.32 Å². The van der Waals surface area contributed by atoms with Gasteiger partial charge in [-0.25, -0.2) is 13.8 Å². The molecule has 0 fully saturated rings. The number of anilines is 1. The molecule has 0 saturated carbocycles. The first-order valence-corrected chi connectivity index (χ1v) is 6.33. The molecule has 0 aliphatic carbocycles. The molecule has 1 aromatic heterocycles. The third-order valence-corrected chi connectivity index (χ3v) is 3.20. The highest BCUT2D eigenvalue weighted by Crippen LogP contribution is 2.29. The van der Waals surface area contributed by atoms with Crippen molar-refractivity contribution in [3.63, 3.8) is 0 Å². The van der Waals surface area contributed by atoms with Gasteiger partial charge in [-0.2, -0.15) is 0 Å². The van der Waals surface area contributed by atoms with Crippen LogP contribution < -0.4 is 5.32 Å². The van der Waals surface area contributed by atoms with Crippen molar-refractivity contribution in [1.82, 2.24) is 4.98 Å². The van der Waals surface area contributed by atoms with Crippen LogP contribution in [0.2, 0.25) is 0 Å². The van der Waals surface area contributed by atoms with Crippen LogP contribution in [0.4, 0.5) is 14.6 Å². The molecule has 0 unspecified atom stereocenters. The quantitative estimate of drug-likeness (QED) is 0.907. The standard InChI is InChI=1S/C13H12F2N2S/c1-2-16-13-8-10(5-6-17-13)18-9-3-4-11(14)12(15)7-9/h3-8H,2H2,1H3,(H,16,17). The second-order valence-electron chi connectivity index (χ2n) is 3.59. The first-order chi connectivity index (χ1) is 8.69. The maximum atomic E-state index is 13.1. The molecule has 1 N–H and O–H groups in total. The van der Waals surface area contributed by atoms with Crippen LogP contribution >= 0.6 is 11.8 Å². The summed E-state index contributed by atoms with van der Waals surface area (Å²) in [6.07, 6.45) is 1.68. The van der Waals surface area contributed by atoms with E-state index < -0.39 is 11.6 Å². The molecule has 2 nitrogen and oxygen atoms in total. The van der Waals surface area contributed by atoms with Crippen LogP contribution in [0, 0.1) is 11.6 Å². The molecule has 0 atom stereocenters. The molecule has 18 heavy (non-hydrogen) atoms. The number of hydrogen-bond donors (Lipinski definition) is 1. The highest BCUT2D eigenvalue weighted by atomic mass is 32.2. The summed E-state index contributed by atoms with van der Waals surface area (Å²) in [5, 5.41) is 3.10. The number of rotatable bonds is 4. The molecule has 2 rings (SSSR count). The first kappa shape index (κ1) is 12.8. The topological polar surface area (TPSA) is 24.9 Å². The van der Waals surface area contributed by atoms with Gasteiger partial charge in [0.15, 0.2) is 11.6 Å². The van der Waals surface area contributed by atoms with Crippen LogP contribution in [0.5, 0.6) is 0 Å². The van der Waals surface area contributed by atoms with Crippen molar-refractivity contribution in [2.45, 2.75) is 16.7 Å².